The Morgan fingerprint density at radius 3 is 2.62 bits per heavy atom. The molecule has 2 atom stereocenters. The Kier molecular flexibility index (Phi) is 6.50. The summed E-state index contributed by atoms with van der Waals surface area (Å²) in [7, 11) is 1.60. The van der Waals surface area contributed by atoms with E-state index < -0.39 is 12.0 Å². The standard InChI is InChI=1S/C24H26N4O3S/c1-4-20-26-27-24(32-20)25-23(30)18-13-14-21(29)28(16-11-9-15(2)10-12-16)22(18)17-7-5-6-8-19(17)31-3/h5-12,18,22H,4,13-14H2,1-3H3,(H,25,27,30). The summed E-state index contributed by atoms with van der Waals surface area (Å²) in [6.45, 7) is 4.00. The molecule has 0 bridgehead atoms. The summed E-state index contributed by atoms with van der Waals surface area (Å²) >= 11 is 1.37. The molecule has 2 unspecified atom stereocenters. The summed E-state index contributed by atoms with van der Waals surface area (Å²) in [6.07, 6.45) is 1.49. The van der Waals surface area contributed by atoms with E-state index in [-0.39, 0.29) is 18.2 Å². The predicted octanol–water partition coefficient (Wildman–Crippen LogP) is 4.54. The first-order valence-electron chi connectivity index (χ1n) is 10.7. The molecule has 0 aliphatic carbocycles. The van der Waals surface area contributed by atoms with Gasteiger partial charge in [0.15, 0.2) is 0 Å². The van der Waals surface area contributed by atoms with E-state index in [9.17, 15) is 9.59 Å². The Morgan fingerprint density at radius 1 is 1.19 bits per heavy atom. The van der Waals surface area contributed by atoms with Crippen molar-refractivity contribution in [3.05, 3.63) is 64.7 Å². The van der Waals surface area contributed by atoms with Gasteiger partial charge in [-0.3, -0.25) is 9.59 Å². The maximum absolute atomic E-state index is 13.4. The van der Waals surface area contributed by atoms with Crippen molar-refractivity contribution in [2.45, 2.75) is 39.2 Å². The number of methoxy groups -OCH3 is 1. The van der Waals surface area contributed by atoms with Gasteiger partial charge in [-0.05, 0) is 38.0 Å². The average Bonchev–Trinajstić information content (AvgIpc) is 3.27. The van der Waals surface area contributed by atoms with Gasteiger partial charge in [0.05, 0.1) is 19.1 Å². The minimum atomic E-state index is -0.506. The molecule has 0 radical (unpaired) electrons. The molecule has 1 N–H and O–H groups in total. The lowest BCUT2D eigenvalue weighted by Gasteiger charge is -2.41. The Bertz CT molecular complexity index is 1110. The number of aryl methyl sites for hydroxylation is 2. The van der Waals surface area contributed by atoms with Crippen LogP contribution >= 0.6 is 11.3 Å². The number of carbonyl (C=O) groups is 2. The second-order valence-electron chi connectivity index (χ2n) is 7.78. The third-order valence-corrected chi connectivity index (χ3v) is 6.69. The SMILES string of the molecule is CCc1nnc(NC(=O)C2CCC(=O)N(c3ccc(C)cc3)C2c2ccccc2OC)s1. The first-order chi connectivity index (χ1) is 15.5. The molecule has 2 amide bonds. The minimum Gasteiger partial charge on any atom is -0.496 e. The zero-order chi connectivity index (χ0) is 22.7. The van der Waals surface area contributed by atoms with Gasteiger partial charge >= 0.3 is 0 Å². The number of hydrogen-bond donors (Lipinski definition) is 1. The van der Waals surface area contributed by atoms with Gasteiger partial charge in [-0.1, -0.05) is 54.2 Å². The summed E-state index contributed by atoms with van der Waals surface area (Å²) in [6, 6.07) is 14.8. The largest absolute Gasteiger partial charge is 0.496 e. The number of nitrogens with zero attached hydrogens (tertiary/aromatic N) is 3. The van der Waals surface area contributed by atoms with Gasteiger partial charge in [0.25, 0.3) is 0 Å². The topological polar surface area (TPSA) is 84.4 Å². The van der Waals surface area contributed by atoms with Gasteiger partial charge in [-0.15, -0.1) is 10.2 Å². The van der Waals surface area contributed by atoms with E-state index in [1.165, 1.54) is 11.3 Å². The van der Waals surface area contributed by atoms with E-state index in [0.29, 0.717) is 17.3 Å². The van der Waals surface area contributed by atoms with Gasteiger partial charge in [0.1, 0.15) is 10.8 Å². The van der Waals surface area contributed by atoms with Crippen LogP contribution in [0.2, 0.25) is 0 Å². The van der Waals surface area contributed by atoms with Crippen LogP contribution in [-0.4, -0.2) is 29.1 Å². The maximum atomic E-state index is 13.4. The van der Waals surface area contributed by atoms with E-state index >= 15 is 0 Å². The molecule has 1 aliphatic heterocycles. The molecule has 2 aromatic carbocycles. The quantitative estimate of drug-likeness (QED) is 0.596. The number of aromatic nitrogens is 2. The molecule has 1 aromatic heterocycles. The number of benzene rings is 2. The zero-order valence-electron chi connectivity index (χ0n) is 18.4. The molecule has 4 rings (SSSR count). The fourth-order valence-electron chi connectivity index (χ4n) is 4.09. The average molecular weight is 451 g/mol. The van der Waals surface area contributed by atoms with Crippen LogP contribution in [0.1, 0.15) is 41.9 Å². The van der Waals surface area contributed by atoms with Crippen molar-refractivity contribution < 1.29 is 14.3 Å². The number of ether oxygens (including phenoxy) is 1. The second kappa shape index (κ2) is 9.48. The summed E-state index contributed by atoms with van der Waals surface area (Å²) < 4.78 is 5.61. The first-order valence-corrected chi connectivity index (χ1v) is 11.5. The number of para-hydroxylation sites is 1. The highest BCUT2D eigenvalue weighted by molar-refractivity contribution is 7.15. The van der Waals surface area contributed by atoms with Crippen molar-refractivity contribution in [3.63, 3.8) is 0 Å². The molecule has 0 saturated carbocycles. The van der Waals surface area contributed by atoms with Gasteiger partial charge in [-0.2, -0.15) is 0 Å². The summed E-state index contributed by atoms with van der Waals surface area (Å²) in [5, 5.41) is 12.4. The minimum absolute atomic E-state index is 0.0157. The molecular weight excluding hydrogens is 424 g/mol. The second-order valence-corrected chi connectivity index (χ2v) is 8.84. The molecule has 1 aliphatic rings. The molecule has 3 aromatic rings. The Morgan fingerprint density at radius 2 is 1.94 bits per heavy atom. The Balaban J connectivity index is 1.76. The molecule has 166 valence electrons. The fraction of sp³-hybridized carbons (Fsp3) is 0.333. The third-order valence-electron chi connectivity index (χ3n) is 5.70. The molecule has 8 heteroatoms. The van der Waals surface area contributed by atoms with Crippen molar-refractivity contribution in [2.75, 3.05) is 17.3 Å². The predicted molar refractivity (Wildman–Crippen MR) is 125 cm³/mol. The van der Waals surface area contributed by atoms with Crippen LogP contribution < -0.4 is 15.0 Å². The van der Waals surface area contributed by atoms with E-state index in [0.717, 1.165) is 28.2 Å². The molecule has 1 saturated heterocycles. The van der Waals surface area contributed by atoms with Gasteiger partial charge in [0.2, 0.25) is 16.9 Å². The highest BCUT2D eigenvalue weighted by Gasteiger charge is 2.42. The van der Waals surface area contributed by atoms with Crippen molar-refractivity contribution in [1.82, 2.24) is 10.2 Å². The van der Waals surface area contributed by atoms with E-state index in [1.807, 2.05) is 62.4 Å². The van der Waals surface area contributed by atoms with Crippen molar-refractivity contribution in [2.24, 2.45) is 5.92 Å². The van der Waals surface area contributed by atoms with E-state index in [2.05, 4.69) is 15.5 Å². The highest BCUT2D eigenvalue weighted by atomic mass is 32.1. The monoisotopic (exact) mass is 450 g/mol. The number of anilines is 2. The lowest BCUT2D eigenvalue weighted by molar-refractivity contribution is -0.125. The van der Waals surface area contributed by atoms with Crippen molar-refractivity contribution in [1.29, 1.82) is 0 Å². The number of piperidine rings is 1. The third kappa shape index (κ3) is 4.36. The van der Waals surface area contributed by atoms with Crippen LogP contribution in [0, 0.1) is 12.8 Å². The number of rotatable bonds is 6. The normalized spacial score (nSPS) is 18.5. The lowest BCUT2D eigenvalue weighted by atomic mass is 9.82. The van der Waals surface area contributed by atoms with Crippen LogP contribution in [0.15, 0.2) is 48.5 Å². The Labute approximate surface area is 191 Å². The number of hydrogen-bond acceptors (Lipinski definition) is 6. The van der Waals surface area contributed by atoms with Crippen LogP contribution in [0.5, 0.6) is 5.75 Å². The summed E-state index contributed by atoms with van der Waals surface area (Å²) in [5.74, 6) is -0.0205. The van der Waals surface area contributed by atoms with Crippen LogP contribution in [0.25, 0.3) is 0 Å². The highest BCUT2D eigenvalue weighted by Crippen LogP contribution is 2.43. The van der Waals surface area contributed by atoms with Crippen LogP contribution in [-0.2, 0) is 16.0 Å². The Hall–Kier alpha value is -3.26. The fourth-order valence-corrected chi connectivity index (χ4v) is 4.77. The summed E-state index contributed by atoms with van der Waals surface area (Å²) in [4.78, 5) is 28.3. The first kappa shape index (κ1) is 22.0. The molecule has 7 nitrogen and oxygen atoms in total. The number of amides is 2. The van der Waals surface area contributed by atoms with Gasteiger partial charge in [-0.25, -0.2) is 0 Å². The molecule has 1 fully saturated rings. The van der Waals surface area contributed by atoms with E-state index in [1.54, 1.807) is 12.0 Å². The maximum Gasteiger partial charge on any atom is 0.231 e. The number of carbonyl (C=O) groups excluding carboxylic acids is 2. The molecular formula is C24H26N4O3S. The van der Waals surface area contributed by atoms with E-state index in [4.69, 9.17) is 4.74 Å². The van der Waals surface area contributed by atoms with Crippen molar-refractivity contribution >= 4 is 34.0 Å². The molecule has 32 heavy (non-hydrogen) atoms. The van der Waals surface area contributed by atoms with Gasteiger partial charge in [0, 0.05) is 17.7 Å². The zero-order valence-corrected chi connectivity index (χ0v) is 19.2. The smallest absolute Gasteiger partial charge is 0.231 e. The summed E-state index contributed by atoms with van der Waals surface area (Å²) in [5.41, 5.74) is 2.66. The van der Waals surface area contributed by atoms with Crippen molar-refractivity contribution in [3.8, 4) is 5.75 Å². The molecule has 2 heterocycles. The van der Waals surface area contributed by atoms with Crippen LogP contribution in [0.4, 0.5) is 10.8 Å². The molecule has 0 spiro atoms. The van der Waals surface area contributed by atoms with Crippen LogP contribution in [0.3, 0.4) is 0 Å². The number of nitrogens with one attached hydrogen (secondary N) is 1. The van der Waals surface area contributed by atoms with Gasteiger partial charge < -0.3 is 15.0 Å². The lowest BCUT2D eigenvalue weighted by Crippen LogP contribution is -2.47.